The van der Waals surface area contributed by atoms with Crippen LogP contribution in [0.3, 0.4) is 0 Å². The van der Waals surface area contributed by atoms with E-state index in [1.54, 1.807) is 23.1 Å². The molecule has 1 aromatic heterocycles. The Morgan fingerprint density at radius 3 is 2.67 bits per heavy atom. The summed E-state index contributed by atoms with van der Waals surface area (Å²) in [5, 5.41) is 7.80. The van der Waals surface area contributed by atoms with E-state index in [0.717, 1.165) is 10.0 Å². The first-order valence-corrected chi connectivity index (χ1v) is 7.83. The fourth-order valence-corrected chi connectivity index (χ4v) is 3.85. The van der Waals surface area contributed by atoms with Crippen LogP contribution in [0.25, 0.3) is 5.70 Å². The van der Waals surface area contributed by atoms with E-state index in [1.165, 1.54) is 11.1 Å². The van der Waals surface area contributed by atoms with Crippen molar-refractivity contribution in [3.05, 3.63) is 64.4 Å². The number of hydrogen-bond acceptors (Lipinski definition) is 3. The molecule has 1 aliphatic heterocycles. The Kier molecular flexibility index (Phi) is 3.50. The molecule has 1 N–H and O–H groups in total. The van der Waals surface area contributed by atoms with Gasteiger partial charge in [-0.1, -0.05) is 54.3 Å². The number of thioether (sulfide) groups is 1. The van der Waals surface area contributed by atoms with E-state index in [2.05, 4.69) is 52.5 Å². The van der Waals surface area contributed by atoms with Crippen LogP contribution < -0.4 is 5.32 Å². The molecule has 0 spiro atoms. The monoisotopic (exact) mass is 289 g/mol. The summed E-state index contributed by atoms with van der Waals surface area (Å²) in [7, 11) is 0. The van der Waals surface area contributed by atoms with Gasteiger partial charge in [0, 0.05) is 16.6 Å². The van der Waals surface area contributed by atoms with Gasteiger partial charge in [-0.15, -0.1) is 0 Å². The standard InChI is InChI=1S/C14H11NS3/c16-14-15-12(11-6-7-17-9-11)8-13(18-14)10-4-2-1-3-5-10/h1-9,13H,(H,15,16). The first kappa shape index (κ1) is 12.0. The lowest BCUT2D eigenvalue weighted by Gasteiger charge is -2.23. The summed E-state index contributed by atoms with van der Waals surface area (Å²) in [4.78, 5) is 0. The van der Waals surface area contributed by atoms with Gasteiger partial charge in [0.1, 0.15) is 4.32 Å². The number of hydrogen-bond donors (Lipinski definition) is 1. The van der Waals surface area contributed by atoms with Crippen molar-refractivity contribution in [3.63, 3.8) is 0 Å². The third-order valence-electron chi connectivity index (χ3n) is 2.75. The van der Waals surface area contributed by atoms with E-state index in [-0.39, 0.29) is 0 Å². The van der Waals surface area contributed by atoms with Crippen molar-refractivity contribution in [3.8, 4) is 0 Å². The molecule has 90 valence electrons. The molecule has 2 aromatic rings. The predicted octanol–water partition coefficient (Wildman–Crippen LogP) is 4.45. The summed E-state index contributed by atoms with van der Waals surface area (Å²) in [6.07, 6.45) is 2.25. The molecule has 18 heavy (non-hydrogen) atoms. The minimum absolute atomic E-state index is 0.301. The summed E-state index contributed by atoms with van der Waals surface area (Å²) >= 11 is 8.74. The Labute approximate surface area is 120 Å². The Morgan fingerprint density at radius 1 is 1.11 bits per heavy atom. The second kappa shape index (κ2) is 5.26. The second-order valence-corrected chi connectivity index (χ2v) is 6.55. The molecule has 1 atom stereocenters. The summed E-state index contributed by atoms with van der Waals surface area (Å²) in [5.74, 6) is 0. The van der Waals surface area contributed by atoms with Gasteiger partial charge in [0.05, 0.1) is 5.25 Å². The molecule has 0 saturated heterocycles. The Hall–Kier alpha value is -1.10. The third kappa shape index (κ3) is 2.51. The average molecular weight is 289 g/mol. The van der Waals surface area contributed by atoms with Gasteiger partial charge in [-0.05, 0) is 23.1 Å². The largest absolute Gasteiger partial charge is 0.341 e. The van der Waals surface area contributed by atoms with Gasteiger partial charge in [0.2, 0.25) is 0 Å². The molecular weight excluding hydrogens is 278 g/mol. The van der Waals surface area contributed by atoms with Crippen LogP contribution in [0.5, 0.6) is 0 Å². The van der Waals surface area contributed by atoms with Gasteiger partial charge in [0.15, 0.2) is 0 Å². The minimum atomic E-state index is 0.301. The van der Waals surface area contributed by atoms with Crippen LogP contribution in [0.1, 0.15) is 16.4 Å². The van der Waals surface area contributed by atoms with Crippen molar-refractivity contribution in [2.45, 2.75) is 5.25 Å². The van der Waals surface area contributed by atoms with Crippen LogP contribution in [0.2, 0.25) is 0 Å². The van der Waals surface area contributed by atoms with E-state index in [1.807, 2.05) is 6.07 Å². The van der Waals surface area contributed by atoms with Crippen LogP contribution >= 0.6 is 35.3 Å². The van der Waals surface area contributed by atoms with Crippen LogP contribution in [-0.2, 0) is 0 Å². The molecule has 1 aliphatic rings. The van der Waals surface area contributed by atoms with Crippen molar-refractivity contribution in [2.75, 3.05) is 0 Å². The molecule has 2 heterocycles. The van der Waals surface area contributed by atoms with Gasteiger partial charge in [-0.2, -0.15) is 11.3 Å². The molecule has 3 rings (SSSR count). The first-order valence-electron chi connectivity index (χ1n) is 5.60. The normalized spacial score (nSPS) is 19.2. The zero-order chi connectivity index (χ0) is 12.4. The van der Waals surface area contributed by atoms with Crippen molar-refractivity contribution in [1.29, 1.82) is 0 Å². The summed E-state index contributed by atoms with van der Waals surface area (Å²) < 4.78 is 0.840. The van der Waals surface area contributed by atoms with E-state index < -0.39 is 0 Å². The molecule has 1 aromatic carbocycles. The third-order valence-corrected chi connectivity index (χ3v) is 4.80. The molecule has 0 radical (unpaired) electrons. The fourth-order valence-electron chi connectivity index (χ4n) is 1.87. The zero-order valence-corrected chi connectivity index (χ0v) is 11.9. The van der Waals surface area contributed by atoms with Crippen LogP contribution in [0.15, 0.2) is 53.2 Å². The van der Waals surface area contributed by atoms with E-state index >= 15 is 0 Å². The van der Waals surface area contributed by atoms with Gasteiger partial charge >= 0.3 is 0 Å². The number of thiophene rings is 1. The summed E-state index contributed by atoms with van der Waals surface area (Å²) in [5.41, 5.74) is 3.62. The molecule has 0 saturated carbocycles. The van der Waals surface area contributed by atoms with Gasteiger partial charge in [-0.3, -0.25) is 0 Å². The van der Waals surface area contributed by atoms with E-state index in [4.69, 9.17) is 12.2 Å². The molecule has 0 aliphatic carbocycles. The highest BCUT2D eigenvalue weighted by Gasteiger charge is 2.20. The highest BCUT2D eigenvalue weighted by Crippen LogP contribution is 2.37. The first-order chi connectivity index (χ1) is 8.83. The zero-order valence-electron chi connectivity index (χ0n) is 9.50. The Morgan fingerprint density at radius 2 is 1.94 bits per heavy atom. The van der Waals surface area contributed by atoms with Crippen LogP contribution in [0, 0.1) is 0 Å². The van der Waals surface area contributed by atoms with Crippen molar-refractivity contribution in [1.82, 2.24) is 5.32 Å². The fraction of sp³-hybridized carbons (Fsp3) is 0.0714. The predicted molar refractivity (Wildman–Crippen MR) is 84.8 cm³/mol. The average Bonchev–Trinajstić information content (AvgIpc) is 2.93. The maximum Gasteiger partial charge on any atom is 0.139 e. The number of thiocarbonyl (C=S) groups is 1. The van der Waals surface area contributed by atoms with E-state index in [9.17, 15) is 0 Å². The SMILES string of the molecule is S=C1NC(c2ccsc2)=CC(c2ccccc2)S1. The molecule has 4 heteroatoms. The lowest BCUT2D eigenvalue weighted by molar-refractivity contribution is 1.19. The van der Waals surface area contributed by atoms with Crippen LogP contribution in [0.4, 0.5) is 0 Å². The Balaban J connectivity index is 1.96. The van der Waals surface area contributed by atoms with Crippen molar-refractivity contribution >= 4 is 45.3 Å². The van der Waals surface area contributed by atoms with E-state index in [0.29, 0.717) is 5.25 Å². The highest BCUT2D eigenvalue weighted by molar-refractivity contribution is 8.23. The molecule has 0 amide bonds. The maximum atomic E-state index is 5.35. The number of nitrogens with one attached hydrogen (secondary N) is 1. The quantitative estimate of drug-likeness (QED) is 0.820. The van der Waals surface area contributed by atoms with Crippen molar-refractivity contribution in [2.24, 2.45) is 0 Å². The molecule has 0 bridgehead atoms. The molecule has 1 unspecified atom stereocenters. The second-order valence-electron chi connectivity index (χ2n) is 3.95. The van der Waals surface area contributed by atoms with Crippen molar-refractivity contribution < 1.29 is 0 Å². The summed E-state index contributed by atoms with van der Waals surface area (Å²) in [6, 6.07) is 12.6. The van der Waals surface area contributed by atoms with Crippen LogP contribution in [-0.4, -0.2) is 4.32 Å². The number of benzene rings is 1. The van der Waals surface area contributed by atoms with Gasteiger partial charge in [0.25, 0.3) is 0 Å². The van der Waals surface area contributed by atoms with Gasteiger partial charge in [-0.25, -0.2) is 0 Å². The summed E-state index contributed by atoms with van der Waals surface area (Å²) in [6.45, 7) is 0. The lowest BCUT2D eigenvalue weighted by atomic mass is 10.1. The molecule has 1 nitrogen and oxygen atoms in total. The van der Waals surface area contributed by atoms with Gasteiger partial charge < -0.3 is 5.32 Å². The Bertz CT molecular complexity index is 572. The molecular formula is C14H11NS3. The highest BCUT2D eigenvalue weighted by atomic mass is 32.2. The smallest absolute Gasteiger partial charge is 0.139 e. The lowest BCUT2D eigenvalue weighted by Crippen LogP contribution is -2.22. The topological polar surface area (TPSA) is 12.0 Å². The molecule has 0 fully saturated rings. The number of rotatable bonds is 2. The maximum absolute atomic E-state index is 5.35. The minimum Gasteiger partial charge on any atom is -0.341 e.